The third-order valence-electron chi connectivity index (χ3n) is 4.20. The molecule has 0 radical (unpaired) electrons. The fourth-order valence-electron chi connectivity index (χ4n) is 3.17. The second kappa shape index (κ2) is 4.90. The Morgan fingerprint density at radius 3 is 2.55 bits per heavy atom. The average molecular weight is 273 g/mol. The van der Waals surface area contributed by atoms with Crippen LogP contribution in [-0.2, 0) is 6.42 Å². The number of anilines is 1. The van der Waals surface area contributed by atoms with E-state index in [0.717, 1.165) is 49.4 Å². The summed E-state index contributed by atoms with van der Waals surface area (Å²) in [4.78, 5) is 26.2. The van der Waals surface area contributed by atoms with Crippen LogP contribution in [-0.4, -0.2) is 38.0 Å². The Hall–Kier alpha value is -1.88. The molecule has 2 aliphatic rings. The number of hydrogen-bond acceptors (Lipinski definition) is 4. The zero-order valence-corrected chi connectivity index (χ0v) is 11.9. The lowest BCUT2D eigenvalue weighted by molar-refractivity contribution is 0.0879. The molecule has 5 heteroatoms. The van der Waals surface area contributed by atoms with Crippen molar-refractivity contribution < 1.29 is 9.59 Å². The zero-order valence-electron chi connectivity index (χ0n) is 11.9. The number of carbonyl (C=O) groups is 2. The Morgan fingerprint density at radius 1 is 1.20 bits per heavy atom. The summed E-state index contributed by atoms with van der Waals surface area (Å²) in [5.74, 6) is -0.520. The van der Waals surface area contributed by atoms with Gasteiger partial charge in [-0.05, 0) is 30.5 Å². The molecule has 2 amide bonds. The third-order valence-corrected chi connectivity index (χ3v) is 4.20. The summed E-state index contributed by atoms with van der Waals surface area (Å²) in [6.45, 7) is 7.83. The quantitative estimate of drug-likeness (QED) is 0.784. The normalized spacial score (nSPS) is 18.2. The van der Waals surface area contributed by atoms with Crippen LogP contribution in [0.15, 0.2) is 6.07 Å². The molecule has 20 heavy (non-hydrogen) atoms. The van der Waals surface area contributed by atoms with Crippen molar-refractivity contribution in [2.24, 2.45) is 0 Å². The highest BCUT2D eigenvalue weighted by Gasteiger charge is 2.32. The molecule has 0 bridgehead atoms. The van der Waals surface area contributed by atoms with Gasteiger partial charge >= 0.3 is 0 Å². The van der Waals surface area contributed by atoms with Gasteiger partial charge in [0.25, 0.3) is 11.8 Å². The van der Waals surface area contributed by atoms with E-state index in [1.54, 1.807) is 0 Å². The summed E-state index contributed by atoms with van der Waals surface area (Å²) in [5.41, 5.74) is 4.32. The van der Waals surface area contributed by atoms with Gasteiger partial charge in [0.15, 0.2) is 0 Å². The Bertz CT molecular complexity index is 589. The minimum absolute atomic E-state index is 0.253. The largest absolute Gasteiger partial charge is 0.369 e. The molecule has 3 rings (SSSR count). The lowest BCUT2D eigenvalue weighted by Gasteiger charge is -2.31. The predicted octanol–water partition coefficient (Wildman–Crippen LogP) is 0.851. The number of benzene rings is 1. The van der Waals surface area contributed by atoms with E-state index in [2.05, 4.69) is 15.5 Å². The van der Waals surface area contributed by atoms with E-state index in [1.165, 1.54) is 0 Å². The molecule has 2 heterocycles. The standard InChI is InChI=1S/C15H19N3O2/c1-3-10-9(2)12(18-6-4-16-5-7-18)8-11-13(10)15(20)17-14(11)19/h8,16H,3-7H2,1-2H3,(H,17,19,20). The van der Waals surface area contributed by atoms with Gasteiger partial charge in [-0.2, -0.15) is 0 Å². The van der Waals surface area contributed by atoms with E-state index >= 15 is 0 Å². The number of nitrogens with zero attached hydrogens (tertiary/aromatic N) is 1. The van der Waals surface area contributed by atoms with E-state index in [9.17, 15) is 9.59 Å². The highest BCUT2D eigenvalue weighted by atomic mass is 16.2. The molecule has 106 valence electrons. The fourth-order valence-corrected chi connectivity index (χ4v) is 3.17. The van der Waals surface area contributed by atoms with Crippen molar-refractivity contribution in [3.8, 4) is 0 Å². The van der Waals surface area contributed by atoms with Gasteiger partial charge in [0.05, 0.1) is 11.1 Å². The molecular formula is C15H19N3O2. The number of imide groups is 1. The van der Waals surface area contributed by atoms with E-state index in [0.29, 0.717) is 11.1 Å². The smallest absolute Gasteiger partial charge is 0.259 e. The molecule has 0 unspecified atom stereocenters. The van der Waals surface area contributed by atoms with Crippen molar-refractivity contribution in [3.63, 3.8) is 0 Å². The Balaban J connectivity index is 2.15. The summed E-state index contributed by atoms with van der Waals surface area (Å²) in [7, 11) is 0. The van der Waals surface area contributed by atoms with Gasteiger partial charge in [-0.1, -0.05) is 6.92 Å². The first-order valence-electron chi connectivity index (χ1n) is 7.11. The molecule has 0 saturated carbocycles. The van der Waals surface area contributed by atoms with Gasteiger partial charge in [-0.3, -0.25) is 14.9 Å². The second-order valence-electron chi connectivity index (χ2n) is 5.30. The molecule has 1 aromatic carbocycles. The highest BCUT2D eigenvalue weighted by molar-refractivity contribution is 6.22. The molecule has 1 aromatic rings. The summed E-state index contributed by atoms with van der Waals surface area (Å²) < 4.78 is 0. The van der Waals surface area contributed by atoms with Crippen molar-refractivity contribution in [3.05, 3.63) is 28.3 Å². The summed E-state index contributed by atoms with van der Waals surface area (Å²) in [6.07, 6.45) is 0.759. The Morgan fingerprint density at radius 2 is 1.90 bits per heavy atom. The number of carbonyl (C=O) groups excluding carboxylic acids is 2. The zero-order chi connectivity index (χ0) is 14.3. The molecule has 0 aliphatic carbocycles. The Kier molecular flexibility index (Phi) is 3.22. The van der Waals surface area contributed by atoms with Gasteiger partial charge in [0, 0.05) is 31.9 Å². The summed E-state index contributed by atoms with van der Waals surface area (Å²) in [5, 5.41) is 5.73. The van der Waals surface area contributed by atoms with Crippen LogP contribution in [0, 0.1) is 6.92 Å². The van der Waals surface area contributed by atoms with Crippen LogP contribution in [0.1, 0.15) is 38.8 Å². The molecule has 5 nitrogen and oxygen atoms in total. The molecule has 2 aliphatic heterocycles. The number of fused-ring (bicyclic) bond motifs is 1. The van der Waals surface area contributed by atoms with Crippen molar-refractivity contribution >= 4 is 17.5 Å². The SMILES string of the molecule is CCc1c(C)c(N2CCNCC2)cc2c1C(=O)NC2=O. The molecule has 0 atom stereocenters. The van der Waals surface area contributed by atoms with Crippen LogP contribution in [0.3, 0.4) is 0 Å². The van der Waals surface area contributed by atoms with Gasteiger partial charge in [0.1, 0.15) is 0 Å². The van der Waals surface area contributed by atoms with Crippen molar-refractivity contribution in [1.82, 2.24) is 10.6 Å². The molecule has 1 saturated heterocycles. The maximum absolute atomic E-state index is 11.9. The highest BCUT2D eigenvalue weighted by Crippen LogP contribution is 2.32. The van der Waals surface area contributed by atoms with E-state index in [1.807, 2.05) is 19.9 Å². The number of piperazine rings is 1. The van der Waals surface area contributed by atoms with Gasteiger partial charge in [0.2, 0.25) is 0 Å². The van der Waals surface area contributed by atoms with E-state index in [-0.39, 0.29) is 11.8 Å². The van der Waals surface area contributed by atoms with Crippen molar-refractivity contribution in [1.29, 1.82) is 0 Å². The molecule has 2 N–H and O–H groups in total. The van der Waals surface area contributed by atoms with Gasteiger partial charge < -0.3 is 10.2 Å². The van der Waals surface area contributed by atoms with E-state index < -0.39 is 0 Å². The summed E-state index contributed by atoms with van der Waals surface area (Å²) in [6, 6.07) is 1.88. The fraction of sp³-hybridized carbons (Fsp3) is 0.467. The predicted molar refractivity (Wildman–Crippen MR) is 77.4 cm³/mol. The third kappa shape index (κ3) is 1.89. The van der Waals surface area contributed by atoms with E-state index in [4.69, 9.17) is 0 Å². The minimum Gasteiger partial charge on any atom is -0.369 e. The number of hydrogen-bond donors (Lipinski definition) is 2. The Labute approximate surface area is 118 Å². The molecular weight excluding hydrogens is 254 g/mol. The maximum atomic E-state index is 11.9. The van der Waals surface area contributed by atoms with Gasteiger partial charge in [-0.25, -0.2) is 0 Å². The maximum Gasteiger partial charge on any atom is 0.259 e. The van der Waals surface area contributed by atoms with Crippen LogP contribution in [0.2, 0.25) is 0 Å². The average Bonchev–Trinajstić information content (AvgIpc) is 2.74. The van der Waals surface area contributed by atoms with Gasteiger partial charge in [-0.15, -0.1) is 0 Å². The number of amides is 2. The number of rotatable bonds is 2. The second-order valence-corrected chi connectivity index (χ2v) is 5.30. The first-order chi connectivity index (χ1) is 9.63. The first-order valence-corrected chi connectivity index (χ1v) is 7.11. The molecule has 1 fully saturated rings. The number of nitrogens with one attached hydrogen (secondary N) is 2. The monoisotopic (exact) mass is 273 g/mol. The lowest BCUT2D eigenvalue weighted by atomic mass is 9.93. The molecule has 0 aromatic heterocycles. The minimum atomic E-state index is -0.268. The van der Waals surface area contributed by atoms with Crippen molar-refractivity contribution in [2.45, 2.75) is 20.3 Å². The summed E-state index contributed by atoms with van der Waals surface area (Å²) >= 11 is 0. The van der Waals surface area contributed by atoms with Crippen LogP contribution in [0.4, 0.5) is 5.69 Å². The first kappa shape index (κ1) is 13.1. The topological polar surface area (TPSA) is 61.4 Å². The van der Waals surface area contributed by atoms with Crippen LogP contribution in [0.25, 0.3) is 0 Å². The lowest BCUT2D eigenvalue weighted by Crippen LogP contribution is -2.44. The molecule has 0 spiro atoms. The van der Waals surface area contributed by atoms with Crippen LogP contribution >= 0.6 is 0 Å². The van der Waals surface area contributed by atoms with Crippen LogP contribution < -0.4 is 15.5 Å². The van der Waals surface area contributed by atoms with Crippen molar-refractivity contribution in [2.75, 3.05) is 31.1 Å². The van der Waals surface area contributed by atoms with Crippen LogP contribution in [0.5, 0.6) is 0 Å².